The van der Waals surface area contributed by atoms with Gasteiger partial charge in [0, 0.05) is 10.0 Å². The monoisotopic (exact) mass is 355 g/mol. The average Bonchev–Trinajstić information content (AvgIpc) is 3.01. The predicted molar refractivity (Wildman–Crippen MR) is 80.2 cm³/mol. The molecular weight excluding hydrogens is 350 g/mol. The first-order chi connectivity index (χ1) is 9.15. The lowest BCUT2D eigenvalue weighted by Crippen LogP contribution is -1.84. The van der Waals surface area contributed by atoms with Crippen molar-refractivity contribution in [1.29, 1.82) is 0 Å². The molecule has 0 unspecified atom stereocenters. The van der Waals surface area contributed by atoms with Gasteiger partial charge in [0.25, 0.3) is 5.89 Å². The molecule has 0 aliphatic heterocycles. The molecule has 2 N–H and O–H groups in total. The fourth-order valence-corrected chi connectivity index (χ4v) is 2.80. The molecule has 2 heterocycles. The van der Waals surface area contributed by atoms with Crippen LogP contribution in [0.4, 0.5) is 5.69 Å². The summed E-state index contributed by atoms with van der Waals surface area (Å²) in [5, 5.41) is 6.47. The fraction of sp³-hybridized carbons (Fsp3) is 0. The largest absolute Gasteiger partial charge is 0.397 e. The first-order valence-corrected chi connectivity index (χ1v) is 7.32. The van der Waals surface area contributed by atoms with Gasteiger partial charge in [-0.05, 0) is 45.6 Å². The van der Waals surface area contributed by atoms with Crippen LogP contribution >= 0.6 is 38.9 Å². The summed E-state index contributed by atoms with van der Waals surface area (Å²) in [7, 11) is 0. The molecule has 7 heteroatoms. The van der Waals surface area contributed by atoms with Gasteiger partial charge in [-0.1, -0.05) is 16.8 Å². The topological polar surface area (TPSA) is 64.9 Å². The third kappa shape index (κ3) is 2.39. The maximum absolute atomic E-state index is 5.95. The molecular formula is C12H7BrClN3OS. The second-order valence-electron chi connectivity index (χ2n) is 3.76. The molecule has 2 aromatic heterocycles. The summed E-state index contributed by atoms with van der Waals surface area (Å²) in [6.45, 7) is 0. The lowest BCUT2D eigenvalue weighted by Gasteiger charge is -1.97. The van der Waals surface area contributed by atoms with E-state index in [9.17, 15) is 0 Å². The number of nitrogens with zero attached hydrogens (tertiary/aromatic N) is 2. The minimum Gasteiger partial charge on any atom is -0.397 e. The van der Waals surface area contributed by atoms with Gasteiger partial charge in [-0.15, -0.1) is 11.3 Å². The Morgan fingerprint density at radius 3 is 2.84 bits per heavy atom. The van der Waals surface area contributed by atoms with Crippen molar-refractivity contribution in [2.75, 3.05) is 5.73 Å². The van der Waals surface area contributed by atoms with E-state index in [4.69, 9.17) is 21.9 Å². The third-order valence-corrected chi connectivity index (χ3v) is 4.63. The molecule has 0 radical (unpaired) electrons. The van der Waals surface area contributed by atoms with Gasteiger partial charge in [-0.3, -0.25) is 0 Å². The van der Waals surface area contributed by atoms with E-state index in [0.29, 0.717) is 22.4 Å². The van der Waals surface area contributed by atoms with Crippen molar-refractivity contribution >= 4 is 44.6 Å². The SMILES string of the molecule is Nc1ccsc1-c1nc(-c2ccc(Cl)c(Br)c2)no1. The van der Waals surface area contributed by atoms with E-state index in [1.165, 1.54) is 11.3 Å². The first kappa shape index (κ1) is 12.7. The quantitative estimate of drug-likeness (QED) is 0.736. The van der Waals surface area contributed by atoms with E-state index in [0.717, 1.165) is 14.9 Å². The number of aromatic nitrogens is 2. The summed E-state index contributed by atoms with van der Waals surface area (Å²) < 4.78 is 6.02. The van der Waals surface area contributed by atoms with Crippen LogP contribution in [0, 0.1) is 0 Å². The minimum atomic E-state index is 0.425. The summed E-state index contributed by atoms with van der Waals surface area (Å²) in [5.74, 6) is 0.925. The molecule has 3 rings (SSSR count). The number of hydrogen-bond donors (Lipinski definition) is 1. The van der Waals surface area contributed by atoms with Crippen molar-refractivity contribution in [2.24, 2.45) is 0 Å². The van der Waals surface area contributed by atoms with Crippen molar-refractivity contribution in [3.63, 3.8) is 0 Å². The highest BCUT2D eigenvalue weighted by atomic mass is 79.9. The molecule has 0 saturated heterocycles. The number of anilines is 1. The Bertz CT molecular complexity index is 740. The number of nitrogen functional groups attached to an aromatic ring is 1. The van der Waals surface area contributed by atoms with E-state index in [1.807, 2.05) is 23.6 Å². The standard InChI is InChI=1S/C12H7BrClN3OS/c13-7-5-6(1-2-8(7)14)11-16-12(18-17-11)10-9(15)3-4-19-10/h1-5H,15H2. The summed E-state index contributed by atoms with van der Waals surface area (Å²) in [4.78, 5) is 5.13. The Kier molecular flexibility index (Phi) is 3.30. The molecule has 19 heavy (non-hydrogen) atoms. The van der Waals surface area contributed by atoms with Crippen LogP contribution in [0.15, 0.2) is 38.6 Å². The summed E-state index contributed by atoms with van der Waals surface area (Å²) in [6, 6.07) is 7.26. The van der Waals surface area contributed by atoms with E-state index in [-0.39, 0.29) is 0 Å². The van der Waals surface area contributed by atoms with Crippen molar-refractivity contribution in [3.8, 4) is 22.2 Å². The second kappa shape index (κ2) is 4.96. The van der Waals surface area contributed by atoms with Crippen molar-refractivity contribution in [2.45, 2.75) is 0 Å². The van der Waals surface area contributed by atoms with Crippen LogP contribution < -0.4 is 5.73 Å². The number of halogens is 2. The molecule has 0 aliphatic carbocycles. The number of hydrogen-bond acceptors (Lipinski definition) is 5. The highest BCUT2D eigenvalue weighted by molar-refractivity contribution is 9.10. The van der Waals surface area contributed by atoms with Crippen LogP contribution in [-0.4, -0.2) is 10.1 Å². The Hall–Kier alpha value is -1.37. The zero-order valence-corrected chi connectivity index (χ0v) is 12.6. The Morgan fingerprint density at radius 2 is 2.16 bits per heavy atom. The Labute approximate surface area is 126 Å². The molecule has 0 atom stereocenters. The maximum Gasteiger partial charge on any atom is 0.270 e. The van der Waals surface area contributed by atoms with Crippen LogP contribution in [0.3, 0.4) is 0 Å². The van der Waals surface area contributed by atoms with Crippen LogP contribution in [0.25, 0.3) is 22.2 Å². The highest BCUT2D eigenvalue weighted by Crippen LogP contribution is 2.32. The van der Waals surface area contributed by atoms with Gasteiger partial charge in [-0.25, -0.2) is 0 Å². The Morgan fingerprint density at radius 1 is 1.32 bits per heavy atom. The van der Waals surface area contributed by atoms with E-state index in [1.54, 1.807) is 6.07 Å². The van der Waals surface area contributed by atoms with Crippen LogP contribution in [0.1, 0.15) is 0 Å². The maximum atomic E-state index is 5.95. The summed E-state index contributed by atoms with van der Waals surface area (Å²) >= 11 is 10.8. The smallest absolute Gasteiger partial charge is 0.270 e. The highest BCUT2D eigenvalue weighted by Gasteiger charge is 2.14. The third-order valence-electron chi connectivity index (χ3n) is 2.49. The fourth-order valence-electron chi connectivity index (χ4n) is 1.56. The van der Waals surface area contributed by atoms with E-state index in [2.05, 4.69) is 26.1 Å². The van der Waals surface area contributed by atoms with Gasteiger partial charge in [0.2, 0.25) is 5.82 Å². The number of nitrogens with two attached hydrogens (primary N) is 1. The van der Waals surface area contributed by atoms with Crippen LogP contribution in [0.5, 0.6) is 0 Å². The molecule has 0 aliphatic rings. The van der Waals surface area contributed by atoms with Crippen LogP contribution in [0.2, 0.25) is 5.02 Å². The molecule has 96 valence electrons. The minimum absolute atomic E-state index is 0.425. The van der Waals surface area contributed by atoms with Gasteiger partial charge in [0.05, 0.1) is 10.7 Å². The summed E-state index contributed by atoms with van der Waals surface area (Å²) in [5.41, 5.74) is 7.28. The van der Waals surface area contributed by atoms with Gasteiger partial charge in [0.1, 0.15) is 4.88 Å². The van der Waals surface area contributed by atoms with Crippen LogP contribution in [-0.2, 0) is 0 Å². The molecule has 0 saturated carbocycles. The lowest BCUT2D eigenvalue weighted by atomic mass is 10.2. The molecule has 0 amide bonds. The zero-order chi connectivity index (χ0) is 13.4. The van der Waals surface area contributed by atoms with Crippen molar-refractivity contribution in [1.82, 2.24) is 10.1 Å². The first-order valence-electron chi connectivity index (χ1n) is 5.27. The zero-order valence-electron chi connectivity index (χ0n) is 9.43. The van der Waals surface area contributed by atoms with Gasteiger partial charge in [-0.2, -0.15) is 4.98 Å². The lowest BCUT2D eigenvalue weighted by molar-refractivity contribution is 0.433. The van der Waals surface area contributed by atoms with Gasteiger partial charge >= 0.3 is 0 Å². The van der Waals surface area contributed by atoms with Gasteiger partial charge in [0.15, 0.2) is 0 Å². The summed E-state index contributed by atoms with van der Waals surface area (Å²) in [6.07, 6.45) is 0. The van der Waals surface area contributed by atoms with E-state index >= 15 is 0 Å². The second-order valence-corrected chi connectivity index (χ2v) is 5.93. The molecule has 1 aromatic carbocycles. The molecule has 4 nitrogen and oxygen atoms in total. The number of thiophene rings is 1. The van der Waals surface area contributed by atoms with E-state index < -0.39 is 0 Å². The predicted octanol–water partition coefficient (Wildman–Crippen LogP) is 4.46. The van der Waals surface area contributed by atoms with Crippen molar-refractivity contribution in [3.05, 3.63) is 39.1 Å². The number of benzene rings is 1. The van der Waals surface area contributed by atoms with Gasteiger partial charge < -0.3 is 10.3 Å². The number of rotatable bonds is 2. The molecule has 3 aromatic rings. The normalized spacial score (nSPS) is 10.8. The average molecular weight is 357 g/mol. The molecule has 0 spiro atoms. The Balaban J connectivity index is 2.01. The molecule has 0 bridgehead atoms. The molecule has 0 fully saturated rings. The van der Waals surface area contributed by atoms with Crippen molar-refractivity contribution < 1.29 is 4.52 Å².